The molecule has 0 aliphatic rings. The van der Waals surface area contributed by atoms with E-state index in [0.717, 1.165) is 16.7 Å². The lowest BCUT2D eigenvalue weighted by atomic mass is 10.1. The van der Waals surface area contributed by atoms with Gasteiger partial charge in [0.2, 0.25) is 0 Å². The van der Waals surface area contributed by atoms with Crippen molar-refractivity contribution in [3.63, 3.8) is 0 Å². The molecule has 0 saturated carbocycles. The zero-order valence-corrected chi connectivity index (χ0v) is 12.9. The van der Waals surface area contributed by atoms with Crippen molar-refractivity contribution in [3.05, 3.63) is 62.0 Å². The van der Waals surface area contributed by atoms with E-state index in [1.165, 1.54) is 11.1 Å². The van der Waals surface area contributed by atoms with Gasteiger partial charge < -0.3 is 5.32 Å². The molecule has 0 saturated heterocycles. The van der Waals surface area contributed by atoms with Crippen LogP contribution in [0.2, 0.25) is 10.0 Å². The highest BCUT2D eigenvalue weighted by Gasteiger charge is 2.02. The molecule has 0 bridgehead atoms. The Morgan fingerprint density at radius 2 is 1.89 bits per heavy atom. The standard InChI is InChI=1S/C14H12BrCl2N/c1-9-2-3-10(6-12(9)15)8-18-14-5-4-11(16)7-13(14)17/h2-7,18H,8H2,1H3. The molecule has 2 aromatic rings. The maximum atomic E-state index is 6.10. The van der Waals surface area contributed by atoms with Crippen LogP contribution in [0.1, 0.15) is 11.1 Å². The minimum atomic E-state index is 0.633. The fourth-order valence-electron chi connectivity index (χ4n) is 1.58. The summed E-state index contributed by atoms with van der Waals surface area (Å²) in [7, 11) is 0. The minimum absolute atomic E-state index is 0.633. The van der Waals surface area contributed by atoms with Gasteiger partial charge in [0, 0.05) is 16.0 Å². The topological polar surface area (TPSA) is 12.0 Å². The van der Waals surface area contributed by atoms with Gasteiger partial charge in [-0.1, -0.05) is 51.3 Å². The lowest BCUT2D eigenvalue weighted by Crippen LogP contribution is -2.00. The average molecular weight is 345 g/mol. The zero-order valence-electron chi connectivity index (χ0n) is 9.81. The van der Waals surface area contributed by atoms with Gasteiger partial charge in [0.1, 0.15) is 0 Å². The molecule has 18 heavy (non-hydrogen) atoms. The van der Waals surface area contributed by atoms with E-state index in [4.69, 9.17) is 23.2 Å². The monoisotopic (exact) mass is 343 g/mol. The largest absolute Gasteiger partial charge is 0.380 e. The van der Waals surface area contributed by atoms with Gasteiger partial charge in [0.05, 0.1) is 10.7 Å². The molecule has 0 fully saturated rings. The number of anilines is 1. The third-order valence-electron chi connectivity index (χ3n) is 2.65. The average Bonchev–Trinajstić information content (AvgIpc) is 2.32. The van der Waals surface area contributed by atoms with Gasteiger partial charge in [0.25, 0.3) is 0 Å². The van der Waals surface area contributed by atoms with Gasteiger partial charge >= 0.3 is 0 Å². The van der Waals surface area contributed by atoms with Crippen molar-refractivity contribution in [2.75, 3.05) is 5.32 Å². The fraction of sp³-hybridized carbons (Fsp3) is 0.143. The van der Waals surface area contributed by atoms with E-state index in [2.05, 4.69) is 46.4 Å². The van der Waals surface area contributed by atoms with E-state index in [9.17, 15) is 0 Å². The zero-order chi connectivity index (χ0) is 13.1. The Hall–Kier alpha value is -0.700. The van der Waals surface area contributed by atoms with Crippen LogP contribution in [-0.4, -0.2) is 0 Å². The van der Waals surface area contributed by atoms with E-state index in [1.54, 1.807) is 6.07 Å². The van der Waals surface area contributed by atoms with E-state index < -0.39 is 0 Å². The first kappa shape index (κ1) is 13.7. The molecule has 0 heterocycles. The first-order chi connectivity index (χ1) is 8.56. The predicted molar refractivity (Wildman–Crippen MR) is 82.7 cm³/mol. The Morgan fingerprint density at radius 1 is 1.11 bits per heavy atom. The Kier molecular flexibility index (Phi) is 4.55. The molecular formula is C14H12BrCl2N. The molecular weight excluding hydrogens is 333 g/mol. The van der Waals surface area contributed by atoms with Crippen molar-refractivity contribution >= 4 is 44.8 Å². The van der Waals surface area contributed by atoms with Crippen LogP contribution in [0.4, 0.5) is 5.69 Å². The fourth-order valence-corrected chi connectivity index (χ4v) is 2.48. The van der Waals surface area contributed by atoms with Crippen molar-refractivity contribution in [1.29, 1.82) is 0 Å². The molecule has 94 valence electrons. The van der Waals surface area contributed by atoms with Gasteiger partial charge in [-0.15, -0.1) is 0 Å². The number of rotatable bonds is 3. The second-order valence-corrected chi connectivity index (χ2v) is 5.76. The normalized spacial score (nSPS) is 10.4. The number of aryl methyl sites for hydroxylation is 1. The van der Waals surface area contributed by atoms with Crippen LogP contribution in [0.5, 0.6) is 0 Å². The van der Waals surface area contributed by atoms with Crippen molar-refractivity contribution in [2.24, 2.45) is 0 Å². The van der Waals surface area contributed by atoms with Crippen LogP contribution in [0, 0.1) is 6.92 Å². The highest BCUT2D eigenvalue weighted by molar-refractivity contribution is 9.10. The van der Waals surface area contributed by atoms with Gasteiger partial charge in [0.15, 0.2) is 0 Å². The number of hydrogen-bond acceptors (Lipinski definition) is 1. The maximum Gasteiger partial charge on any atom is 0.0652 e. The molecule has 0 atom stereocenters. The van der Waals surface area contributed by atoms with Crippen molar-refractivity contribution in [2.45, 2.75) is 13.5 Å². The summed E-state index contributed by atoms with van der Waals surface area (Å²) in [5.41, 5.74) is 3.31. The summed E-state index contributed by atoms with van der Waals surface area (Å²) in [5.74, 6) is 0. The summed E-state index contributed by atoms with van der Waals surface area (Å²) < 4.78 is 1.11. The lowest BCUT2D eigenvalue weighted by Gasteiger charge is -2.09. The SMILES string of the molecule is Cc1ccc(CNc2ccc(Cl)cc2Cl)cc1Br. The number of benzene rings is 2. The highest BCUT2D eigenvalue weighted by Crippen LogP contribution is 2.26. The van der Waals surface area contributed by atoms with Crippen molar-refractivity contribution < 1.29 is 0 Å². The summed E-state index contributed by atoms with van der Waals surface area (Å²) >= 11 is 15.5. The van der Waals surface area contributed by atoms with Crippen LogP contribution in [0.3, 0.4) is 0 Å². The second kappa shape index (κ2) is 5.96. The molecule has 2 aromatic carbocycles. The van der Waals surface area contributed by atoms with Crippen molar-refractivity contribution in [3.8, 4) is 0 Å². The first-order valence-corrected chi connectivity index (χ1v) is 7.05. The molecule has 4 heteroatoms. The van der Waals surface area contributed by atoms with Crippen LogP contribution >= 0.6 is 39.1 Å². The van der Waals surface area contributed by atoms with Gasteiger partial charge in [-0.25, -0.2) is 0 Å². The molecule has 0 aliphatic heterocycles. The molecule has 2 rings (SSSR count). The minimum Gasteiger partial charge on any atom is -0.380 e. The second-order valence-electron chi connectivity index (χ2n) is 4.06. The lowest BCUT2D eigenvalue weighted by molar-refractivity contribution is 1.14. The van der Waals surface area contributed by atoms with E-state index in [1.807, 2.05) is 12.1 Å². The smallest absolute Gasteiger partial charge is 0.0652 e. The number of nitrogens with one attached hydrogen (secondary N) is 1. The van der Waals surface area contributed by atoms with Crippen molar-refractivity contribution in [1.82, 2.24) is 0 Å². The third-order valence-corrected chi connectivity index (χ3v) is 4.05. The van der Waals surface area contributed by atoms with E-state index in [-0.39, 0.29) is 0 Å². The van der Waals surface area contributed by atoms with E-state index >= 15 is 0 Å². The first-order valence-electron chi connectivity index (χ1n) is 5.50. The Balaban J connectivity index is 2.09. The Morgan fingerprint density at radius 3 is 2.56 bits per heavy atom. The summed E-state index contributed by atoms with van der Waals surface area (Å²) in [6.07, 6.45) is 0. The van der Waals surface area contributed by atoms with E-state index in [0.29, 0.717) is 10.0 Å². The van der Waals surface area contributed by atoms with Gasteiger partial charge in [-0.2, -0.15) is 0 Å². The summed E-state index contributed by atoms with van der Waals surface area (Å²) in [6, 6.07) is 11.7. The molecule has 0 unspecified atom stereocenters. The van der Waals surface area contributed by atoms with Crippen LogP contribution in [-0.2, 0) is 6.54 Å². The molecule has 0 radical (unpaired) electrons. The van der Waals surface area contributed by atoms with Gasteiger partial charge in [-0.05, 0) is 42.3 Å². The Labute approximate surface area is 125 Å². The van der Waals surface area contributed by atoms with Gasteiger partial charge in [-0.3, -0.25) is 0 Å². The number of halogens is 3. The molecule has 1 nitrogen and oxygen atoms in total. The van der Waals surface area contributed by atoms with Crippen LogP contribution in [0.15, 0.2) is 40.9 Å². The summed E-state index contributed by atoms with van der Waals surface area (Å²) in [4.78, 5) is 0. The highest BCUT2D eigenvalue weighted by atomic mass is 79.9. The van der Waals surface area contributed by atoms with Crippen LogP contribution < -0.4 is 5.32 Å². The molecule has 1 N–H and O–H groups in total. The summed E-state index contributed by atoms with van der Waals surface area (Å²) in [6.45, 7) is 2.79. The quantitative estimate of drug-likeness (QED) is 0.755. The molecule has 0 aliphatic carbocycles. The molecule has 0 amide bonds. The predicted octanol–water partition coefficient (Wildman–Crippen LogP) is 5.68. The Bertz CT molecular complexity index is 570. The third kappa shape index (κ3) is 3.41. The van der Waals surface area contributed by atoms with Crippen LogP contribution in [0.25, 0.3) is 0 Å². The maximum absolute atomic E-state index is 6.10. The molecule has 0 spiro atoms. The molecule has 0 aromatic heterocycles. The summed E-state index contributed by atoms with van der Waals surface area (Å²) in [5, 5.41) is 4.57. The number of hydrogen-bond donors (Lipinski definition) is 1.